The second kappa shape index (κ2) is 9.30. The van der Waals surface area contributed by atoms with Crippen LogP contribution in [0.25, 0.3) is 0 Å². The number of benzene rings is 2. The minimum Gasteiger partial charge on any atom is -0.497 e. The lowest BCUT2D eigenvalue weighted by Gasteiger charge is -2.28. The van der Waals surface area contributed by atoms with Crippen LogP contribution in [0.5, 0.6) is 5.75 Å². The van der Waals surface area contributed by atoms with E-state index < -0.39 is 0 Å². The van der Waals surface area contributed by atoms with Gasteiger partial charge in [-0.15, -0.1) is 0 Å². The number of nitrogens with one attached hydrogen (secondary N) is 2. The SMILES string of the molecule is COc1ccc(NC(=O)[C@H]2CCCN2CC(=O)N[C@@H]2CCCc3ccccc32)cc1. The van der Waals surface area contributed by atoms with E-state index in [9.17, 15) is 9.59 Å². The van der Waals surface area contributed by atoms with Crippen LogP contribution in [0.3, 0.4) is 0 Å². The molecule has 2 N–H and O–H groups in total. The van der Waals surface area contributed by atoms with Crippen molar-refractivity contribution in [1.29, 1.82) is 0 Å². The fraction of sp³-hybridized carbons (Fsp3) is 0.417. The van der Waals surface area contributed by atoms with Crippen LogP contribution in [-0.2, 0) is 16.0 Å². The second-order valence-electron chi connectivity index (χ2n) is 8.06. The summed E-state index contributed by atoms with van der Waals surface area (Å²) in [6, 6.07) is 15.4. The van der Waals surface area contributed by atoms with E-state index in [2.05, 4.69) is 28.8 Å². The second-order valence-corrected chi connectivity index (χ2v) is 8.06. The van der Waals surface area contributed by atoms with Crippen molar-refractivity contribution < 1.29 is 14.3 Å². The van der Waals surface area contributed by atoms with Crippen molar-refractivity contribution in [2.45, 2.75) is 44.2 Å². The Balaban J connectivity index is 1.34. The summed E-state index contributed by atoms with van der Waals surface area (Å²) >= 11 is 0. The van der Waals surface area contributed by atoms with Gasteiger partial charge < -0.3 is 15.4 Å². The molecular formula is C24H29N3O3. The minimum absolute atomic E-state index is 0.0131. The van der Waals surface area contributed by atoms with Crippen molar-refractivity contribution in [2.75, 3.05) is 25.5 Å². The number of carbonyl (C=O) groups is 2. The Kier molecular flexibility index (Phi) is 6.33. The summed E-state index contributed by atoms with van der Waals surface area (Å²) in [5.74, 6) is 0.672. The van der Waals surface area contributed by atoms with E-state index in [1.807, 2.05) is 35.2 Å². The van der Waals surface area contributed by atoms with Crippen LogP contribution in [0.15, 0.2) is 48.5 Å². The first-order valence-corrected chi connectivity index (χ1v) is 10.7. The predicted octanol–water partition coefficient (Wildman–Crippen LogP) is 3.29. The number of hydrogen-bond acceptors (Lipinski definition) is 4. The number of ether oxygens (including phenoxy) is 1. The number of nitrogens with zero attached hydrogens (tertiary/aromatic N) is 1. The van der Waals surface area contributed by atoms with Crippen LogP contribution in [0.1, 0.15) is 42.9 Å². The number of aryl methyl sites for hydroxylation is 1. The summed E-state index contributed by atoms with van der Waals surface area (Å²) in [4.78, 5) is 27.6. The molecule has 2 aromatic carbocycles. The average molecular weight is 408 g/mol. The zero-order valence-corrected chi connectivity index (χ0v) is 17.4. The van der Waals surface area contributed by atoms with E-state index in [4.69, 9.17) is 4.74 Å². The van der Waals surface area contributed by atoms with Crippen molar-refractivity contribution in [2.24, 2.45) is 0 Å². The number of hydrogen-bond donors (Lipinski definition) is 2. The third-order valence-electron chi connectivity index (χ3n) is 6.08. The Bertz CT molecular complexity index is 897. The van der Waals surface area contributed by atoms with Crippen LogP contribution < -0.4 is 15.4 Å². The highest BCUT2D eigenvalue weighted by atomic mass is 16.5. The molecule has 0 aromatic heterocycles. The van der Waals surface area contributed by atoms with E-state index >= 15 is 0 Å². The molecule has 0 bridgehead atoms. The maximum atomic E-state index is 12.8. The van der Waals surface area contributed by atoms with Gasteiger partial charge in [0, 0.05) is 5.69 Å². The first-order chi connectivity index (χ1) is 14.6. The summed E-state index contributed by atoms with van der Waals surface area (Å²) in [5, 5.41) is 6.16. The molecule has 0 saturated carbocycles. The molecule has 1 fully saturated rings. The number of likely N-dealkylation sites (tertiary alicyclic amines) is 1. The Morgan fingerprint density at radius 1 is 1.07 bits per heavy atom. The highest BCUT2D eigenvalue weighted by Crippen LogP contribution is 2.29. The molecule has 0 spiro atoms. The van der Waals surface area contributed by atoms with Gasteiger partial charge in [0.25, 0.3) is 0 Å². The van der Waals surface area contributed by atoms with Gasteiger partial charge in [-0.1, -0.05) is 24.3 Å². The molecule has 2 aromatic rings. The molecule has 158 valence electrons. The number of fused-ring (bicyclic) bond motifs is 1. The van der Waals surface area contributed by atoms with Crippen molar-refractivity contribution >= 4 is 17.5 Å². The van der Waals surface area contributed by atoms with Crippen LogP contribution in [0.2, 0.25) is 0 Å². The van der Waals surface area contributed by atoms with E-state index in [0.717, 1.165) is 50.1 Å². The quantitative estimate of drug-likeness (QED) is 0.771. The van der Waals surface area contributed by atoms with Gasteiger partial charge in [-0.2, -0.15) is 0 Å². The standard InChI is InChI=1S/C24H29N3O3/c1-30-19-13-11-18(12-14-19)25-24(29)22-10-5-15-27(22)16-23(28)26-21-9-4-7-17-6-2-3-8-20(17)21/h2-3,6,8,11-14,21-22H,4-5,7,9-10,15-16H2,1H3,(H,25,29)(H,26,28)/t21-,22-/m1/s1. The summed E-state index contributed by atoms with van der Waals surface area (Å²) < 4.78 is 5.15. The molecule has 6 nitrogen and oxygen atoms in total. The predicted molar refractivity (Wildman–Crippen MR) is 116 cm³/mol. The highest BCUT2D eigenvalue weighted by molar-refractivity contribution is 5.95. The van der Waals surface area contributed by atoms with Gasteiger partial charge in [0.2, 0.25) is 11.8 Å². The van der Waals surface area contributed by atoms with Gasteiger partial charge in [0.15, 0.2) is 0 Å². The summed E-state index contributed by atoms with van der Waals surface area (Å²) in [5.41, 5.74) is 3.29. The highest BCUT2D eigenvalue weighted by Gasteiger charge is 2.32. The molecule has 4 rings (SSSR count). The molecule has 2 amide bonds. The molecule has 1 aliphatic heterocycles. The minimum atomic E-state index is -0.281. The normalized spacial score (nSPS) is 21.0. The van der Waals surface area contributed by atoms with Gasteiger partial charge in [-0.3, -0.25) is 14.5 Å². The largest absolute Gasteiger partial charge is 0.497 e. The number of methoxy groups -OCH3 is 1. The van der Waals surface area contributed by atoms with Crippen LogP contribution in [0.4, 0.5) is 5.69 Å². The third kappa shape index (κ3) is 4.65. The van der Waals surface area contributed by atoms with Crippen LogP contribution in [0, 0.1) is 0 Å². The van der Waals surface area contributed by atoms with Crippen molar-refractivity contribution in [3.63, 3.8) is 0 Å². The zero-order valence-electron chi connectivity index (χ0n) is 17.4. The molecule has 30 heavy (non-hydrogen) atoms. The lowest BCUT2D eigenvalue weighted by molar-refractivity contribution is -0.125. The van der Waals surface area contributed by atoms with Crippen molar-refractivity contribution in [1.82, 2.24) is 10.2 Å². The number of rotatable bonds is 6. The Morgan fingerprint density at radius 2 is 1.87 bits per heavy atom. The molecule has 6 heteroatoms. The van der Waals surface area contributed by atoms with E-state index in [1.54, 1.807) is 7.11 Å². The number of anilines is 1. The molecular weight excluding hydrogens is 378 g/mol. The maximum absolute atomic E-state index is 12.8. The van der Waals surface area contributed by atoms with E-state index in [-0.39, 0.29) is 30.4 Å². The Labute approximate surface area is 177 Å². The molecule has 1 saturated heterocycles. The molecule has 0 unspecified atom stereocenters. The lowest BCUT2D eigenvalue weighted by atomic mass is 9.88. The van der Waals surface area contributed by atoms with Crippen molar-refractivity contribution in [3.8, 4) is 5.75 Å². The number of amides is 2. The van der Waals surface area contributed by atoms with Gasteiger partial charge in [-0.25, -0.2) is 0 Å². The summed E-state index contributed by atoms with van der Waals surface area (Å²) in [6.45, 7) is 1.01. The topological polar surface area (TPSA) is 70.7 Å². The molecule has 1 aliphatic carbocycles. The van der Waals surface area contributed by atoms with Gasteiger partial charge in [0.05, 0.1) is 25.7 Å². The van der Waals surface area contributed by atoms with Crippen LogP contribution in [-0.4, -0.2) is 43.0 Å². The van der Waals surface area contributed by atoms with Gasteiger partial charge >= 0.3 is 0 Å². The first kappa shape index (κ1) is 20.4. The Morgan fingerprint density at radius 3 is 2.67 bits per heavy atom. The molecule has 1 heterocycles. The van der Waals surface area contributed by atoms with Crippen LogP contribution >= 0.6 is 0 Å². The summed E-state index contributed by atoms with van der Waals surface area (Å²) in [7, 11) is 1.61. The van der Waals surface area contributed by atoms with Gasteiger partial charge in [-0.05, 0) is 74.0 Å². The molecule has 2 atom stereocenters. The van der Waals surface area contributed by atoms with E-state index in [0.29, 0.717) is 0 Å². The van der Waals surface area contributed by atoms with E-state index in [1.165, 1.54) is 11.1 Å². The Hall–Kier alpha value is -2.86. The first-order valence-electron chi connectivity index (χ1n) is 10.7. The zero-order chi connectivity index (χ0) is 20.9. The fourth-order valence-electron chi connectivity index (χ4n) is 4.54. The smallest absolute Gasteiger partial charge is 0.241 e. The lowest BCUT2D eigenvalue weighted by Crippen LogP contribution is -2.45. The average Bonchev–Trinajstić information content (AvgIpc) is 3.22. The summed E-state index contributed by atoms with van der Waals surface area (Å²) in [6.07, 6.45) is 4.80. The van der Waals surface area contributed by atoms with Gasteiger partial charge in [0.1, 0.15) is 5.75 Å². The molecule has 2 aliphatic rings. The fourth-order valence-corrected chi connectivity index (χ4v) is 4.54. The monoisotopic (exact) mass is 407 g/mol. The number of carbonyl (C=O) groups excluding carboxylic acids is 2. The third-order valence-corrected chi connectivity index (χ3v) is 6.08. The maximum Gasteiger partial charge on any atom is 0.241 e. The molecule has 0 radical (unpaired) electrons. The van der Waals surface area contributed by atoms with Crippen molar-refractivity contribution in [3.05, 3.63) is 59.7 Å².